The predicted molar refractivity (Wildman–Crippen MR) is 79.9 cm³/mol. The van der Waals surface area contributed by atoms with E-state index in [-0.39, 0.29) is 4.90 Å². The third-order valence-electron chi connectivity index (χ3n) is 2.12. The molecule has 2 aromatic rings. The van der Waals surface area contributed by atoms with E-state index in [0.717, 1.165) is 4.88 Å². The highest BCUT2D eigenvalue weighted by atomic mass is 79.9. The molecular weight excluding hydrogens is 356 g/mol. The van der Waals surface area contributed by atoms with E-state index in [0.29, 0.717) is 16.0 Å². The molecule has 2 N–H and O–H groups in total. The molecule has 0 saturated carbocycles. The molecule has 0 unspecified atom stereocenters. The van der Waals surface area contributed by atoms with Crippen molar-refractivity contribution in [2.45, 2.75) is 11.4 Å². The van der Waals surface area contributed by atoms with Crippen molar-refractivity contribution in [1.82, 2.24) is 5.32 Å². The zero-order valence-corrected chi connectivity index (χ0v) is 13.5. The summed E-state index contributed by atoms with van der Waals surface area (Å²) in [6.07, 6.45) is 0. The van der Waals surface area contributed by atoms with Crippen molar-refractivity contribution in [2.75, 3.05) is 11.8 Å². The summed E-state index contributed by atoms with van der Waals surface area (Å²) in [4.78, 5) is 1.25. The van der Waals surface area contributed by atoms with E-state index in [1.54, 1.807) is 17.5 Å². The van der Waals surface area contributed by atoms with E-state index in [1.165, 1.54) is 22.7 Å². The van der Waals surface area contributed by atoms with Gasteiger partial charge in [-0.3, -0.25) is 4.72 Å². The van der Waals surface area contributed by atoms with Gasteiger partial charge in [-0.05, 0) is 40.5 Å². The molecule has 0 aliphatic rings. The maximum Gasteiger partial charge on any atom is 0.263 e. The summed E-state index contributed by atoms with van der Waals surface area (Å²) < 4.78 is 27.5. The van der Waals surface area contributed by atoms with Crippen molar-refractivity contribution in [3.8, 4) is 0 Å². The number of rotatable bonds is 5. The van der Waals surface area contributed by atoms with Crippen LogP contribution in [0.5, 0.6) is 0 Å². The van der Waals surface area contributed by atoms with E-state index >= 15 is 0 Å². The number of sulfonamides is 1. The Morgan fingerprint density at radius 1 is 1.44 bits per heavy atom. The van der Waals surface area contributed by atoms with Crippen molar-refractivity contribution in [3.63, 3.8) is 0 Å². The van der Waals surface area contributed by atoms with Crippen LogP contribution in [0, 0.1) is 0 Å². The zero-order valence-electron chi connectivity index (χ0n) is 9.44. The summed E-state index contributed by atoms with van der Waals surface area (Å²) >= 11 is 6.16. The maximum atomic E-state index is 12.2. The fraction of sp³-hybridized carbons (Fsp3) is 0.200. The number of hydrogen-bond acceptors (Lipinski definition) is 5. The molecule has 0 fully saturated rings. The lowest BCUT2D eigenvalue weighted by Crippen LogP contribution is -2.12. The third kappa shape index (κ3) is 3.12. The van der Waals surface area contributed by atoms with Gasteiger partial charge in [-0.2, -0.15) is 11.3 Å². The summed E-state index contributed by atoms with van der Waals surface area (Å²) in [5.74, 6) is 0. The first-order valence-corrected chi connectivity index (χ1v) is 9.04. The second-order valence-corrected chi connectivity index (χ2v) is 8.38. The summed E-state index contributed by atoms with van der Waals surface area (Å²) in [5.41, 5.74) is 0.591. The molecule has 98 valence electrons. The molecule has 0 spiro atoms. The number of anilines is 1. The SMILES string of the molecule is CNCc1cc(S(=O)(=O)Nc2ccsc2)c(Br)s1. The minimum Gasteiger partial charge on any atom is -0.315 e. The summed E-state index contributed by atoms with van der Waals surface area (Å²) in [7, 11) is -1.69. The molecule has 0 aliphatic heterocycles. The van der Waals surface area contributed by atoms with Gasteiger partial charge in [0.25, 0.3) is 10.0 Å². The number of halogens is 1. The van der Waals surface area contributed by atoms with Crippen LogP contribution in [-0.4, -0.2) is 15.5 Å². The van der Waals surface area contributed by atoms with Gasteiger partial charge in [0.2, 0.25) is 0 Å². The van der Waals surface area contributed by atoms with Crippen LogP contribution >= 0.6 is 38.6 Å². The summed E-state index contributed by atoms with van der Waals surface area (Å²) in [5, 5.41) is 6.58. The normalized spacial score (nSPS) is 11.7. The monoisotopic (exact) mass is 366 g/mol. The second-order valence-electron chi connectivity index (χ2n) is 3.50. The van der Waals surface area contributed by atoms with Crippen LogP contribution in [0.3, 0.4) is 0 Å². The van der Waals surface area contributed by atoms with Crippen LogP contribution in [0.2, 0.25) is 0 Å². The second kappa shape index (κ2) is 5.70. The Hall–Kier alpha value is -0.410. The molecule has 0 atom stereocenters. The van der Waals surface area contributed by atoms with E-state index in [2.05, 4.69) is 26.0 Å². The molecule has 0 aromatic carbocycles. The molecule has 18 heavy (non-hydrogen) atoms. The average Bonchev–Trinajstić information content (AvgIpc) is 2.88. The average molecular weight is 367 g/mol. The highest BCUT2D eigenvalue weighted by Gasteiger charge is 2.21. The lowest BCUT2D eigenvalue weighted by atomic mass is 10.5. The van der Waals surface area contributed by atoms with Gasteiger partial charge in [-0.15, -0.1) is 11.3 Å². The van der Waals surface area contributed by atoms with Crippen LogP contribution in [0.15, 0.2) is 31.6 Å². The van der Waals surface area contributed by atoms with Crippen molar-refractivity contribution in [3.05, 3.63) is 31.6 Å². The molecule has 0 aliphatic carbocycles. The smallest absolute Gasteiger partial charge is 0.263 e. The van der Waals surface area contributed by atoms with Crippen LogP contribution in [-0.2, 0) is 16.6 Å². The van der Waals surface area contributed by atoms with E-state index in [9.17, 15) is 8.42 Å². The molecule has 2 aromatic heterocycles. The molecule has 0 amide bonds. The minimum atomic E-state index is -3.52. The summed E-state index contributed by atoms with van der Waals surface area (Å²) in [6, 6.07) is 3.41. The topological polar surface area (TPSA) is 58.2 Å². The molecule has 8 heteroatoms. The van der Waals surface area contributed by atoms with E-state index < -0.39 is 10.0 Å². The van der Waals surface area contributed by atoms with Gasteiger partial charge in [-0.1, -0.05) is 0 Å². The van der Waals surface area contributed by atoms with Crippen molar-refractivity contribution in [2.24, 2.45) is 0 Å². The van der Waals surface area contributed by atoms with Gasteiger partial charge in [0.15, 0.2) is 0 Å². The van der Waals surface area contributed by atoms with Crippen LogP contribution in [0.1, 0.15) is 4.88 Å². The molecule has 0 saturated heterocycles. The highest BCUT2D eigenvalue weighted by Crippen LogP contribution is 2.32. The van der Waals surface area contributed by atoms with E-state index in [1.807, 2.05) is 12.4 Å². The quantitative estimate of drug-likeness (QED) is 0.854. The molecule has 2 heterocycles. The predicted octanol–water partition coefficient (Wildman–Crippen LogP) is 3.09. The fourth-order valence-electron chi connectivity index (χ4n) is 1.38. The molecule has 2 rings (SSSR count). The lowest BCUT2D eigenvalue weighted by Gasteiger charge is -2.04. The Morgan fingerprint density at radius 3 is 2.83 bits per heavy atom. The van der Waals surface area contributed by atoms with Crippen LogP contribution in [0.4, 0.5) is 5.69 Å². The largest absolute Gasteiger partial charge is 0.315 e. The van der Waals surface area contributed by atoms with Gasteiger partial charge in [0, 0.05) is 16.8 Å². The first kappa shape index (κ1) is 14.0. The minimum absolute atomic E-state index is 0.281. The standard InChI is InChI=1S/C10H11BrN2O2S3/c1-12-5-8-4-9(10(11)17-8)18(14,15)13-7-2-3-16-6-7/h2-4,6,12-13H,5H2,1H3. The third-order valence-corrected chi connectivity index (χ3v) is 6.44. The van der Waals surface area contributed by atoms with Gasteiger partial charge >= 0.3 is 0 Å². The first-order chi connectivity index (χ1) is 8.53. The molecule has 4 nitrogen and oxygen atoms in total. The Kier molecular flexibility index (Phi) is 4.44. The van der Waals surface area contributed by atoms with Crippen molar-refractivity contribution < 1.29 is 8.42 Å². The molecular formula is C10H11BrN2O2S3. The van der Waals surface area contributed by atoms with Gasteiger partial charge in [-0.25, -0.2) is 8.42 Å². The maximum absolute atomic E-state index is 12.2. The Bertz CT molecular complexity index is 620. The highest BCUT2D eigenvalue weighted by molar-refractivity contribution is 9.11. The van der Waals surface area contributed by atoms with Crippen LogP contribution < -0.4 is 10.0 Å². The van der Waals surface area contributed by atoms with Gasteiger partial charge in [0.1, 0.15) is 4.90 Å². The van der Waals surface area contributed by atoms with Gasteiger partial charge < -0.3 is 5.32 Å². The molecule has 0 radical (unpaired) electrons. The Labute approximate surface area is 122 Å². The van der Waals surface area contributed by atoms with E-state index in [4.69, 9.17) is 0 Å². The molecule has 0 bridgehead atoms. The van der Waals surface area contributed by atoms with Gasteiger partial charge in [0.05, 0.1) is 9.47 Å². The van der Waals surface area contributed by atoms with Crippen molar-refractivity contribution in [1.29, 1.82) is 0 Å². The van der Waals surface area contributed by atoms with Crippen LogP contribution in [0.25, 0.3) is 0 Å². The zero-order chi connectivity index (χ0) is 13.2. The fourth-order valence-corrected chi connectivity index (χ4v) is 5.78. The lowest BCUT2D eigenvalue weighted by molar-refractivity contribution is 0.601. The van der Waals surface area contributed by atoms with Crippen molar-refractivity contribution >= 4 is 54.3 Å². The Balaban J connectivity index is 2.29. The summed E-state index contributed by atoms with van der Waals surface area (Å²) in [6.45, 7) is 0.650. The number of hydrogen-bond donors (Lipinski definition) is 2. The number of nitrogens with one attached hydrogen (secondary N) is 2. The Morgan fingerprint density at radius 2 is 2.22 bits per heavy atom. The number of thiophene rings is 2. The first-order valence-electron chi connectivity index (χ1n) is 5.01.